The molecule has 0 atom stereocenters. The van der Waals surface area contributed by atoms with E-state index in [0.717, 1.165) is 13.0 Å². The number of hydrogen-bond donors (Lipinski definition) is 1. The molecule has 252 valence electrons. The largest absolute Gasteiger partial charge is 0.480 e. The molecular weight excluding hydrogens is 556 g/mol. The molecule has 0 aliphatic heterocycles. The van der Waals surface area contributed by atoms with Crippen molar-refractivity contribution in [1.82, 2.24) is 0 Å². The molecule has 0 spiro atoms. The Labute approximate surface area is 252 Å². The van der Waals surface area contributed by atoms with Crippen LogP contribution in [0.25, 0.3) is 0 Å². The fraction of sp³-hybridized carbons (Fsp3) is 0.966. The zero-order chi connectivity index (χ0) is 30.4. The van der Waals surface area contributed by atoms with Crippen molar-refractivity contribution in [2.24, 2.45) is 0 Å². The molecule has 0 unspecified atom stereocenters. The van der Waals surface area contributed by atoms with Gasteiger partial charge in [0, 0.05) is 6.61 Å². The standard InChI is InChI=1S/C29H58O13/c1-2-3-4-5-6-7-32-8-9-33-10-11-34-12-13-35-14-15-36-16-17-37-18-19-38-20-21-39-22-23-40-24-25-41-26-27-42-28-29(30)31/h2-28H2,1H3,(H,30,31). The van der Waals surface area contributed by atoms with Gasteiger partial charge in [0.25, 0.3) is 0 Å². The van der Waals surface area contributed by atoms with E-state index in [1.54, 1.807) is 0 Å². The van der Waals surface area contributed by atoms with Gasteiger partial charge < -0.3 is 57.2 Å². The lowest BCUT2D eigenvalue weighted by atomic mass is 10.2. The first-order valence-electron chi connectivity index (χ1n) is 15.3. The zero-order valence-electron chi connectivity index (χ0n) is 25.9. The molecule has 42 heavy (non-hydrogen) atoms. The van der Waals surface area contributed by atoms with Crippen LogP contribution in [0.15, 0.2) is 0 Å². The maximum absolute atomic E-state index is 10.3. The monoisotopic (exact) mass is 614 g/mol. The molecule has 0 fully saturated rings. The Morgan fingerprint density at radius 3 is 0.857 bits per heavy atom. The molecule has 0 aromatic heterocycles. The molecule has 0 bridgehead atoms. The van der Waals surface area contributed by atoms with Gasteiger partial charge in [-0.25, -0.2) is 4.79 Å². The smallest absolute Gasteiger partial charge is 0.329 e. The molecule has 0 rings (SSSR count). The summed E-state index contributed by atoms with van der Waals surface area (Å²) in [6, 6.07) is 0. The molecule has 13 nitrogen and oxygen atoms in total. The highest BCUT2D eigenvalue weighted by Crippen LogP contribution is 2.02. The van der Waals surface area contributed by atoms with Crippen LogP contribution in [0.1, 0.15) is 39.0 Å². The van der Waals surface area contributed by atoms with Gasteiger partial charge in [-0.15, -0.1) is 0 Å². The van der Waals surface area contributed by atoms with Gasteiger partial charge in [0.1, 0.15) is 6.61 Å². The molecule has 0 radical (unpaired) electrons. The van der Waals surface area contributed by atoms with Crippen LogP contribution in [-0.4, -0.2) is 156 Å². The number of hydrogen-bond acceptors (Lipinski definition) is 12. The summed E-state index contributed by atoms with van der Waals surface area (Å²) in [5, 5.41) is 8.42. The highest BCUT2D eigenvalue weighted by atomic mass is 16.6. The van der Waals surface area contributed by atoms with Crippen LogP contribution in [0.2, 0.25) is 0 Å². The molecule has 0 amide bonds. The van der Waals surface area contributed by atoms with E-state index in [-0.39, 0.29) is 13.2 Å². The van der Waals surface area contributed by atoms with Crippen LogP contribution in [0, 0.1) is 0 Å². The number of rotatable bonds is 38. The average Bonchev–Trinajstić information content (AvgIpc) is 2.98. The number of carboxylic acids is 1. The lowest BCUT2D eigenvalue weighted by Crippen LogP contribution is -2.15. The average molecular weight is 615 g/mol. The molecule has 13 heteroatoms. The van der Waals surface area contributed by atoms with Crippen LogP contribution in [0.5, 0.6) is 0 Å². The Morgan fingerprint density at radius 1 is 0.357 bits per heavy atom. The highest BCUT2D eigenvalue weighted by Gasteiger charge is 1.98. The van der Waals surface area contributed by atoms with E-state index in [4.69, 9.17) is 57.2 Å². The Hall–Kier alpha value is -0.970. The quantitative estimate of drug-likeness (QED) is 0.102. The first-order valence-corrected chi connectivity index (χ1v) is 15.3. The van der Waals surface area contributed by atoms with Gasteiger partial charge in [-0.3, -0.25) is 0 Å². The molecule has 0 aliphatic carbocycles. The van der Waals surface area contributed by atoms with Gasteiger partial charge in [-0.05, 0) is 6.42 Å². The second kappa shape index (κ2) is 38.1. The zero-order valence-corrected chi connectivity index (χ0v) is 25.9. The topological polar surface area (TPSA) is 139 Å². The summed E-state index contributed by atoms with van der Waals surface area (Å²) in [6.07, 6.45) is 6.26. The summed E-state index contributed by atoms with van der Waals surface area (Å²) in [5.41, 5.74) is 0. The van der Waals surface area contributed by atoms with Crippen molar-refractivity contribution in [3.63, 3.8) is 0 Å². The molecule has 1 N–H and O–H groups in total. The van der Waals surface area contributed by atoms with Crippen molar-refractivity contribution in [1.29, 1.82) is 0 Å². The fourth-order valence-electron chi connectivity index (χ4n) is 3.17. The molecule has 0 aliphatic rings. The number of carbonyl (C=O) groups is 1. The van der Waals surface area contributed by atoms with Crippen molar-refractivity contribution in [3.8, 4) is 0 Å². The third-order valence-corrected chi connectivity index (χ3v) is 5.34. The van der Waals surface area contributed by atoms with E-state index in [1.807, 2.05) is 0 Å². The van der Waals surface area contributed by atoms with Crippen LogP contribution in [0.4, 0.5) is 0 Å². The number of ether oxygens (including phenoxy) is 11. The van der Waals surface area contributed by atoms with Crippen molar-refractivity contribution in [2.75, 3.05) is 145 Å². The third-order valence-electron chi connectivity index (χ3n) is 5.34. The van der Waals surface area contributed by atoms with Gasteiger partial charge in [-0.2, -0.15) is 0 Å². The molecule has 0 saturated carbocycles. The van der Waals surface area contributed by atoms with Gasteiger partial charge >= 0.3 is 5.97 Å². The summed E-state index contributed by atoms with van der Waals surface area (Å²) in [7, 11) is 0. The van der Waals surface area contributed by atoms with Crippen LogP contribution in [-0.2, 0) is 56.9 Å². The number of aliphatic carboxylic acids is 1. The molecule has 0 aromatic rings. The maximum atomic E-state index is 10.3. The van der Waals surface area contributed by atoms with Crippen molar-refractivity contribution < 1.29 is 62.0 Å². The predicted octanol–water partition coefficient (Wildman–Crippen LogP) is 2.22. The van der Waals surface area contributed by atoms with E-state index in [2.05, 4.69) is 6.92 Å². The first kappa shape index (κ1) is 41.0. The van der Waals surface area contributed by atoms with E-state index in [1.165, 1.54) is 25.7 Å². The van der Waals surface area contributed by atoms with Crippen molar-refractivity contribution >= 4 is 5.97 Å². The number of carboxylic acid groups (broad SMARTS) is 1. The van der Waals surface area contributed by atoms with Crippen LogP contribution in [0.3, 0.4) is 0 Å². The minimum absolute atomic E-state index is 0.245. The lowest BCUT2D eigenvalue weighted by Gasteiger charge is -2.09. The molecular formula is C29H58O13. The Bertz CT molecular complexity index is 514. The molecule has 0 heterocycles. The van der Waals surface area contributed by atoms with Gasteiger partial charge in [-0.1, -0.05) is 32.6 Å². The van der Waals surface area contributed by atoms with Gasteiger partial charge in [0.2, 0.25) is 0 Å². The summed E-state index contributed by atoms with van der Waals surface area (Å²) in [5.74, 6) is -0.993. The number of unbranched alkanes of at least 4 members (excludes halogenated alkanes) is 4. The third kappa shape index (κ3) is 39.0. The minimum atomic E-state index is -0.993. The Morgan fingerprint density at radius 2 is 0.595 bits per heavy atom. The maximum Gasteiger partial charge on any atom is 0.329 e. The molecule has 0 aromatic carbocycles. The Kier molecular flexibility index (Phi) is 37.2. The van der Waals surface area contributed by atoms with Crippen LogP contribution >= 0.6 is 0 Å². The van der Waals surface area contributed by atoms with E-state index >= 15 is 0 Å². The summed E-state index contributed by atoms with van der Waals surface area (Å²) in [6.45, 7) is 12.5. The lowest BCUT2D eigenvalue weighted by molar-refractivity contribution is -0.142. The second-order valence-electron chi connectivity index (χ2n) is 8.98. The second-order valence-corrected chi connectivity index (χ2v) is 8.98. The van der Waals surface area contributed by atoms with Gasteiger partial charge in [0.15, 0.2) is 0 Å². The van der Waals surface area contributed by atoms with Crippen molar-refractivity contribution in [2.45, 2.75) is 39.0 Å². The summed E-state index contributed by atoms with van der Waals surface area (Å²) in [4.78, 5) is 10.3. The summed E-state index contributed by atoms with van der Waals surface area (Å²) < 4.78 is 59.2. The normalized spacial score (nSPS) is 11.5. The molecule has 0 saturated heterocycles. The van der Waals surface area contributed by atoms with Gasteiger partial charge in [0.05, 0.1) is 132 Å². The van der Waals surface area contributed by atoms with E-state index in [0.29, 0.717) is 126 Å². The first-order chi connectivity index (χ1) is 20.8. The minimum Gasteiger partial charge on any atom is -0.480 e. The fourth-order valence-corrected chi connectivity index (χ4v) is 3.17. The van der Waals surface area contributed by atoms with E-state index < -0.39 is 5.97 Å². The predicted molar refractivity (Wildman–Crippen MR) is 155 cm³/mol. The van der Waals surface area contributed by atoms with E-state index in [9.17, 15) is 4.79 Å². The summed E-state index contributed by atoms with van der Waals surface area (Å²) >= 11 is 0. The Balaban J connectivity index is 3.03. The van der Waals surface area contributed by atoms with Crippen molar-refractivity contribution in [3.05, 3.63) is 0 Å². The SMILES string of the molecule is CCCCCCCOCCOCCOCCOCCOCCOCCOCCOCCOCCOCCOCC(=O)O. The highest BCUT2D eigenvalue weighted by molar-refractivity contribution is 5.67. The van der Waals surface area contributed by atoms with Crippen LogP contribution < -0.4 is 0 Å².